The quantitative estimate of drug-likeness (QED) is 0.174. The Morgan fingerprint density at radius 1 is 0.457 bits per heavy atom. The lowest BCUT2D eigenvalue weighted by Crippen LogP contribution is -2.41. The molecule has 1 aliphatic heterocycles. The van der Waals surface area contributed by atoms with Gasteiger partial charge >= 0.3 is 0 Å². The number of hydrogen-bond acceptors (Lipinski definition) is 2. The molecule has 4 heteroatoms. The second kappa shape index (κ2) is 14.5. The number of thiophene rings is 1. The van der Waals surface area contributed by atoms with Gasteiger partial charge in [-0.2, -0.15) is 0 Å². The maximum absolute atomic E-state index is 4.24. The lowest BCUT2D eigenvalue weighted by atomic mass is 9.55. The Morgan fingerprint density at radius 2 is 1.01 bits per heavy atom. The number of anilines is 2. The minimum absolute atomic E-state index is 0.0331. The van der Waals surface area contributed by atoms with Gasteiger partial charge in [-0.25, -0.2) is 0 Å². The van der Waals surface area contributed by atoms with Gasteiger partial charge in [-0.3, -0.25) is 0 Å². The number of aromatic nitrogens is 1. The van der Waals surface area contributed by atoms with Crippen LogP contribution in [0, 0.1) is 0 Å². The van der Waals surface area contributed by atoms with Crippen LogP contribution in [0.5, 0.6) is 0 Å². The van der Waals surface area contributed by atoms with Gasteiger partial charge < -0.3 is 9.88 Å². The van der Waals surface area contributed by atoms with Crippen LogP contribution < -0.4 is 16.2 Å². The summed E-state index contributed by atoms with van der Waals surface area (Å²) in [6.45, 7) is 29.6. The maximum Gasteiger partial charge on any atom is 0.198 e. The summed E-state index contributed by atoms with van der Waals surface area (Å²) < 4.78 is 5.41. The summed E-state index contributed by atoms with van der Waals surface area (Å²) in [6.07, 6.45) is 7.13. The summed E-state index contributed by atoms with van der Waals surface area (Å²) in [5, 5.41) is 9.62. The van der Waals surface area contributed by atoms with Crippen LogP contribution in [-0.2, 0) is 32.5 Å². The highest BCUT2D eigenvalue weighted by Crippen LogP contribution is 2.54. The molecule has 4 aliphatic rings. The van der Waals surface area contributed by atoms with E-state index in [1.54, 1.807) is 0 Å². The maximum atomic E-state index is 4.24. The largest absolute Gasteiger partial charge is 0.355 e. The number of fused-ring (bicyclic) bond motifs is 11. The topological polar surface area (TPSA) is 17.0 Å². The van der Waals surface area contributed by atoms with Gasteiger partial charge in [0.1, 0.15) is 0 Å². The highest BCUT2D eigenvalue weighted by Gasteiger charge is 2.42. The number of nitrogens with one attached hydrogen (secondary N) is 1. The number of hydrogen-bond donors (Lipinski definition) is 1. The summed E-state index contributed by atoms with van der Waals surface area (Å²) in [7, 11) is 0.877. The van der Waals surface area contributed by atoms with Crippen molar-refractivity contribution in [3.8, 4) is 27.9 Å². The van der Waals surface area contributed by atoms with Crippen molar-refractivity contribution in [1.29, 1.82) is 0 Å². The van der Waals surface area contributed by atoms with Crippen molar-refractivity contribution in [2.24, 2.45) is 0 Å². The van der Waals surface area contributed by atoms with Crippen LogP contribution in [0.15, 0.2) is 115 Å². The van der Waals surface area contributed by atoms with E-state index < -0.39 is 0 Å². The molecule has 0 amide bonds. The lowest BCUT2D eigenvalue weighted by Gasteiger charge is -2.43. The predicted octanol–water partition coefficient (Wildman–Crippen LogP) is 17.0. The molecule has 3 heterocycles. The third kappa shape index (κ3) is 6.36. The van der Waals surface area contributed by atoms with E-state index in [4.69, 9.17) is 0 Å². The van der Waals surface area contributed by atoms with Crippen LogP contribution in [0.4, 0.5) is 11.4 Å². The van der Waals surface area contributed by atoms with E-state index in [-0.39, 0.29) is 32.5 Å². The first-order valence-corrected chi connectivity index (χ1v) is 27.2. The molecular formula is C66H69BN2S. The second-order valence-electron chi connectivity index (χ2n) is 26.1. The molecule has 0 saturated heterocycles. The van der Waals surface area contributed by atoms with Gasteiger partial charge in [-0.15, -0.1) is 11.3 Å². The fourth-order valence-electron chi connectivity index (χ4n) is 14.0. The normalized spacial score (nSPS) is 19.6. The van der Waals surface area contributed by atoms with Crippen molar-refractivity contribution in [3.05, 3.63) is 149 Å². The molecule has 0 radical (unpaired) electrons. The molecule has 2 aromatic heterocycles. The molecule has 13 rings (SSSR count). The van der Waals surface area contributed by atoms with Crippen LogP contribution in [0.2, 0.25) is 0 Å². The summed E-state index contributed by atoms with van der Waals surface area (Å²) in [4.78, 5) is 0. The molecule has 9 aromatic rings. The van der Waals surface area contributed by atoms with Crippen LogP contribution >= 0.6 is 11.3 Å². The molecule has 7 aromatic carbocycles. The van der Waals surface area contributed by atoms with Crippen molar-refractivity contribution < 1.29 is 0 Å². The number of benzene rings is 7. The second-order valence-corrected chi connectivity index (χ2v) is 27.2. The minimum Gasteiger partial charge on any atom is -0.355 e. The first-order valence-electron chi connectivity index (χ1n) is 26.4. The molecule has 0 saturated carbocycles. The van der Waals surface area contributed by atoms with Crippen LogP contribution in [0.3, 0.4) is 0 Å². The summed E-state index contributed by atoms with van der Waals surface area (Å²) >= 11 is 1.95. The molecule has 3 aliphatic carbocycles. The smallest absolute Gasteiger partial charge is 0.198 e. The van der Waals surface area contributed by atoms with E-state index >= 15 is 0 Å². The van der Waals surface area contributed by atoms with Gasteiger partial charge in [-0.05, 0) is 170 Å². The molecule has 70 heavy (non-hydrogen) atoms. The van der Waals surface area contributed by atoms with E-state index in [0.717, 1.165) is 7.28 Å². The SMILES string of the molecule is CC1(C)CCC(C)(C)c2cc(Nc3cc4c(cc3-c3cc(-c5cccc6c5sc5ccccc56)c5c6ccccc6n6c5c3Bc3cc5c(cc3-6)C(C)(C)CCC5(C)C)C(C)(C)CCC4(C)C)ccc21. The van der Waals surface area contributed by atoms with Gasteiger partial charge in [-0.1, -0.05) is 155 Å². The van der Waals surface area contributed by atoms with E-state index in [2.05, 4.69) is 208 Å². The Hall–Kier alpha value is -5.58. The fourth-order valence-corrected chi connectivity index (χ4v) is 15.3. The van der Waals surface area contributed by atoms with Gasteiger partial charge in [0.2, 0.25) is 0 Å². The Balaban J connectivity index is 1.16. The lowest BCUT2D eigenvalue weighted by molar-refractivity contribution is 0.332. The van der Waals surface area contributed by atoms with Gasteiger partial charge in [0.15, 0.2) is 7.28 Å². The molecule has 0 spiro atoms. The Morgan fingerprint density at radius 3 is 1.70 bits per heavy atom. The van der Waals surface area contributed by atoms with Crippen molar-refractivity contribution >= 4 is 82.9 Å². The van der Waals surface area contributed by atoms with Crippen molar-refractivity contribution in [1.82, 2.24) is 4.57 Å². The fraction of sp³-hybridized carbons (Fsp3) is 0.364. The standard InChI is InChI=1S/C66H69BN2S/c1-61(2)26-27-62(3,4)47-32-38(24-25-46(47)61)68-53-36-50-48(63(5,6)28-30-65(50,9)10)34-43(53)45-33-44(41-21-17-20-40-39-18-14-16-23-56(39)70-60(40)41)57-42-19-13-15-22-54(42)69-55-37-51-49(35-52(55)67-58(45)59(57)69)64(7,8)29-31-66(51,11)12/h13-25,32-37,67-68H,26-31H2,1-12H3. The molecule has 0 bridgehead atoms. The molecule has 0 fully saturated rings. The number of para-hydroxylation sites is 1. The Kier molecular flexibility index (Phi) is 9.21. The molecular weight excluding hydrogens is 864 g/mol. The Bertz CT molecular complexity index is 3730. The number of rotatable bonds is 4. The van der Waals surface area contributed by atoms with Crippen LogP contribution in [-0.4, -0.2) is 11.8 Å². The van der Waals surface area contributed by atoms with Gasteiger partial charge in [0.05, 0.1) is 5.52 Å². The third-order valence-electron chi connectivity index (χ3n) is 18.8. The number of nitrogens with zero attached hydrogens (tertiary/aromatic N) is 1. The van der Waals surface area contributed by atoms with Crippen molar-refractivity contribution in [2.75, 3.05) is 5.32 Å². The highest BCUT2D eigenvalue weighted by molar-refractivity contribution is 7.26. The summed E-state index contributed by atoms with van der Waals surface area (Å²) in [5.74, 6) is 0. The first kappa shape index (κ1) is 44.4. The predicted molar refractivity (Wildman–Crippen MR) is 307 cm³/mol. The molecule has 2 nitrogen and oxygen atoms in total. The highest BCUT2D eigenvalue weighted by atomic mass is 32.1. The van der Waals surface area contributed by atoms with E-state index in [1.165, 1.54) is 164 Å². The summed E-state index contributed by atoms with van der Waals surface area (Å²) in [6, 6.07) is 45.9. The monoisotopic (exact) mass is 933 g/mol. The van der Waals surface area contributed by atoms with Gasteiger partial charge in [0.25, 0.3) is 0 Å². The average molecular weight is 933 g/mol. The van der Waals surface area contributed by atoms with Crippen LogP contribution in [0.1, 0.15) is 155 Å². The van der Waals surface area contributed by atoms with E-state index in [0.29, 0.717) is 0 Å². The van der Waals surface area contributed by atoms with E-state index in [9.17, 15) is 0 Å². The van der Waals surface area contributed by atoms with Crippen molar-refractivity contribution in [2.45, 2.75) is 154 Å². The minimum atomic E-state index is 0.0331. The average Bonchev–Trinajstić information content (AvgIpc) is 3.88. The zero-order chi connectivity index (χ0) is 48.7. The van der Waals surface area contributed by atoms with Crippen molar-refractivity contribution in [3.63, 3.8) is 0 Å². The Labute approximate surface area is 421 Å². The zero-order valence-corrected chi connectivity index (χ0v) is 44.6. The zero-order valence-electron chi connectivity index (χ0n) is 43.8. The molecule has 352 valence electrons. The van der Waals surface area contributed by atoms with Crippen LogP contribution in [0.25, 0.3) is 69.9 Å². The van der Waals surface area contributed by atoms with Gasteiger partial charge in [0, 0.05) is 64.7 Å². The molecule has 1 N–H and O–H groups in total. The first-order chi connectivity index (χ1) is 33.1. The molecule has 0 atom stereocenters. The third-order valence-corrected chi connectivity index (χ3v) is 20.0. The van der Waals surface area contributed by atoms with E-state index in [1.807, 2.05) is 11.3 Å². The summed E-state index contributed by atoms with van der Waals surface area (Å²) in [5.41, 5.74) is 24.1. The molecule has 0 unspecified atom stereocenters.